The maximum Gasteiger partial charge on any atom is 0.300 e. The van der Waals surface area contributed by atoms with E-state index in [1.807, 2.05) is 55.5 Å². The number of thioether (sulfide) groups is 1. The highest BCUT2D eigenvalue weighted by Crippen LogP contribution is 2.19. The van der Waals surface area contributed by atoms with Crippen molar-refractivity contribution >= 4 is 23.2 Å². The fourth-order valence-electron chi connectivity index (χ4n) is 3.14. The second kappa shape index (κ2) is 8.28. The first kappa shape index (κ1) is 20.1. The van der Waals surface area contributed by atoms with Crippen LogP contribution in [-0.4, -0.2) is 30.7 Å². The monoisotopic (exact) mass is 418 g/mol. The number of nitrogens with zero attached hydrogens (tertiary/aromatic N) is 4. The van der Waals surface area contributed by atoms with Crippen LogP contribution in [0.2, 0.25) is 0 Å². The molecule has 0 saturated heterocycles. The van der Waals surface area contributed by atoms with Crippen molar-refractivity contribution in [1.82, 2.24) is 19.2 Å². The van der Waals surface area contributed by atoms with Crippen molar-refractivity contribution in [3.05, 3.63) is 88.0 Å². The molecule has 4 rings (SSSR count). The van der Waals surface area contributed by atoms with Gasteiger partial charge in [-0.3, -0.25) is 18.6 Å². The smallest absolute Gasteiger partial charge is 0.293 e. The number of carbonyl (C=O) groups excluding carboxylic acids is 1. The van der Waals surface area contributed by atoms with E-state index < -0.39 is 0 Å². The molecule has 7 heteroatoms. The lowest BCUT2D eigenvalue weighted by atomic mass is 10.0. The first-order chi connectivity index (χ1) is 14.4. The van der Waals surface area contributed by atoms with Crippen LogP contribution in [0.5, 0.6) is 0 Å². The van der Waals surface area contributed by atoms with Gasteiger partial charge in [0.2, 0.25) is 5.65 Å². The molecular formula is C23H22N4O2S. The highest BCUT2D eigenvalue weighted by molar-refractivity contribution is 7.99. The molecule has 2 aromatic heterocycles. The third kappa shape index (κ3) is 3.93. The second-order valence-electron chi connectivity index (χ2n) is 7.47. The summed E-state index contributed by atoms with van der Waals surface area (Å²) in [5, 5.41) is 8.70. The minimum Gasteiger partial charge on any atom is -0.293 e. The van der Waals surface area contributed by atoms with Crippen molar-refractivity contribution in [2.75, 3.05) is 5.75 Å². The normalized spacial score (nSPS) is 11.3. The predicted molar refractivity (Wildman–Crippen MR) is 119 cm³/mol. The van der Waals surface area contributed by atoms with Gasteiger partial charge in [-0.05, 0) is 30.5 Å². The number of ketones is 1. The van der Waals surface area contributed by atoms with E-state index in [1.54, 1.807) is 21.4 Å². The van der Waals surface area contributed by atoms with Gasteiger partial charge in [0.05, 0.1) is 5.75 Å². The summed E-state index contributed by atoms with van der Waals surface area (Å²) < 4.78 is 3.19. The van der Waals surface area contributed by atoms with Crippen LogP contribution < -0.4 is 5.56 Å². The zero-order valence-electron chi connectivity index (χ0n) is 17.1. The Balaban J connectivity index is 1.57. The molecule has 30 heavy (non-hydrogen) atoms. The SMILES string of the molecule is Cc1ccc(C(=O)CSc2nnc3c(=O)n(-c4ccc(C(C)C)cc4)ccn23)cc1. The topological polar surface area (TPSA) is 69.3 Å². The molecule has 0 N–H and O–H groups in total. The van der Waals surface area contributed by atoms with Crippen molar-refractivity contribution < 1.29 is 4.79 Å². The number of aromatic nitrogens is 4. The largest absolute Gasteiger partial charge is 0.300 e. The van der Waals surface area contributed by atoms with Crippen molar-refractivity contribution in [2.45, 2.75) is 31.8 Å². The Morgan fingerprint density at radius 2 is 1.70 bits per heavy atom. The Hall–Kier alpha value is -3.19. The zero-order valence-corrected chi connectivity index (χ0v) is 17.9. The van der Waals surface area contributed by atoms with E-state index in [0.717, 1.165) is 11.3 Å². The van der Waals surface area contributed by atoms with E-state index in [0.29, 0.717) is 16.6 Å². The number of hydrogen-bond donors (Lipinski definition) is 0. The highest BCUT2D eigenvalue weighted by atomic mass is 32.2. The number of fused-ring (bicyclic) bond motifs is 1. The van der Waals surface area contributed by atoms with Gasteiger partial charge in [-0.2, -0.15) is 0 Å². The molecule has 0 aliphatic heterocycles. The molecule has 0 bridgehead atoms. The average molecular weight is 419 g/mol. The Labute approximate surface area is 178 Å². The maximum absolute atomic E-state index is 12.9. The summed E-state index contributed by atoms with van der Waals surface area (Å²) >= 11 is 1.27. The Kier molecular flexibility index (Phi) is 5.55. The maximum atomic E-state index is 12.9. The Bertz CT molecular complexity index is 1260. The van der Waals surface area contributed by atoms with Crippen molar-refractivity contribution in [3.8, 4) is 5.69 Å². The number of rotatable bonds is 6. The van der Waals surface area contributed by atoms with Gasteiger partial charge in [0.1, 0.15) is 0 Å². The second-order valence-corrected chi connectivity index (χ2v) is 8.42. The van der Waals surface area contributed by atoms with Crippen molar-refractivity contribution in [3.63, 3.8) is 0 Å². The van der Waals surface area contributed by atoms with Gasteiger partial charge < -0.3 is 0 Å². The molecule has 0 unspecified atom stereocenters. The van der Waals surface area contributed by atoms with Gasteiger partial charge in [-0.15, -0.1) is 10.2 Å². The molecule has 2 heterocycles. The van der Waals surface area contributed by atoms with Gasteiger partial charge in [-0.25, -0.2) is 0 Å². The summed E-state index contributed by atoms with van der Waals surface area (Å²) in [6, 6.07) is 15.4. The number of Topliss-reactive ketones (excluding diaryl/α,β-unsaturated/α-hetero) is 1. The van der Waals surface area contributed by atoms with Crippen LogP contribution in [0.15, 0.2) is 70.9 Å². The van der Waals surface area contributed by atoms with Crippen molar-refractivity contribution in [2.24, 2.45) is 0 Å². The molecule has 0 atom stereocenters. The molecule has 152 valence electrons. The fraction of sp³-hybridized carbons (Fsp3) is 0.217. The molecule has 0 aliphatic carbocycles. The van der Waals surface area contributed by atoms with E-state index in [4.69, 9.17) is 0 Å². The average Bonchev–Trinajstić information content (AvgIpc) is 3.17. The van der Waals surface area contributed by atoms with Crippen LogP contribution in [-0.2, 0) is 0 Å². The molecule has 0 spiro atoms. The fourth-order valence-corrected chi connectivity index (χ4v) is 3.95. The molecule has 0 amide bonds. The summed E-state index contributed by atoms with van der Waals surface area (Å²) in [4.78, 5) is 25.3. The summed E-state index contributed by atoms with van der Waals surface area (Å²) in [6.45, 7) is 6.25. The summed E-state index contributed by atoms with van der Waals surface area (Å²) in [6.07, 6.45) is 3.46. The Morgan fingerprint density at radius 3 is 2.37 bits per heavy atom. The molecule has 6 nitrogen and oxygen atoms in total. The van der Waals surface area contributed by atoms with Crippen LogP contribution >= 0.6 is 11.8 Å². The van der Waals surface area contributed by atoms with E-state index in [1.165, 1.54) is 17.3 Å². The van der Waals surface area contributed by atoms with E-state index in [-0.39, 0.29) is 22.7 Å². The van der Waals surface area contributed by atoms with Gasteiger partial charge in [0.15, 0.2) is 10.9 Å². The molecule has 0 radical (unpaired) electrons. The molecular weight excluding hydrogens is 396 g/mol. The summed E-state index contributed by atoms with van der Waals surface area (Å²) in [7, 11) is 0. The molecule has 0 saturated carbocycles. The van der Waals surface area contributed by atoms with Gasteiger partial charge in [0, 0.05) is 23.6 Å². The first-order valence-corrected chi connectivity index (χ1v) is 10.7. The lowest BCUT2D eigenvalue weighted by Crippen LogP contribution is -2.20. The van der Waals surface area contributed by atoms with Crippen LogP contribution in [0.3, 0.4) is 0 Å². The first-order valence-electron chi connectivity index (χ1n) is 9.73. The van der Waals surface area contributed by atoms with Gasteiger partial charge in [0.25, 0.3) is 0 Å². The summed E-state index contributed by atoms with van der Waals surface area (Å²) in [5.41, 5.74) is 3.74. The zero-order chi connectivity index (χ0) is 21.3. The molecule has 4 aromatic rings. The third-order valence-corrected chi connectivity index (χ3v) is 5.93. The predicted octanol–water partition coefficient (Wildman–Crippen LogP) is 4.29. The van der Waals surface area contributed by atoms with E-state index >= 15 is 0 Å². The summed E-state index contributed by atoms with van der Waals surface area (Å²) in [5.74, 6) is 0.663. The number of carbonyl (C=O) groups is 1. The van der Waals surface area contributed by atoms with E-state index in [9.17, 15) is 9.59 Å². The standard InChI is InChI=1S/C23H22N4O2S/c1-15(2)17-8-10-19(11-9-17)26-12-13-27-21(22(26)29)24-25-23(27)30-14-20(28)18-6-4-16(3)5-7-18/h4-13,15H,14H2,1-3H3. The molecule has 2 aromatic carbocycles. The third-order valence-electron chi connectivity index (χ3n) is 4.98. The molecule has 0 fully saturated rings. The number of aryl methyl sites for hydroxylation is 1. The van der Waals surface area contributed by atoms with Gasteiger partial charge >= 0.3 is 5.56 Å². The van der Waals surface area contributed by atoms with Gasteiger partial charge in [-0.1, -0.05) is 67.6 Å². The van der Waals surface area contributed by atoms with Crippen LogP contribution in [0, 0.1) is 6.92 Å². The lowest BCUT2D eigenvalue weighted by Gasteiger charge is -2.09. The van der Waals surface area contributed by atoms with Crippen LogP contribution in [0.25, 0.3) is 11.3 Å². The lowest BCUT2D eigenvalue weighted by molar-refractivity contribution is 0.102. The van der Waals surface area contributed by atoms with E-state index in [2.05, 4.69) is 24.0 Å². The molecule has 0 aliphatic rings. The quantitative estimate of drug-likeness (QED) is 0.345. The highest BCUT2D eigenvalue weighted by Gasteiger charge is 2.14. The van der Waals surface area contributed by atoms with Crippen LogP contribution in [0.1, 0.15) is 41.3 Å². The minimum absolute atomic E-state index is 0.00957. The van der Waals surface area contributed by atoms with Crippen LogP contribution in [0.4, 0.5) is 0 Å². The number of hydrogen-bond acceptors (Lipinski definition) is 5. The minimum atomic E-state index is -0.251. The van der Waals surface area contributed by atoms with Crippen molar-refractivity contribution in [1.29, 1.82) is 0 Å². The number of benzene rings is 2. The Morgan fingerprint density at radius 1 is 1.00 bits per heavy atom.